The Labute approximate surface area is 101 Å². The van der Waals surface area contributed by atoms with E-state index in [0.29, 0.717) is 0 Å². The van der Waals surface area contributed by atoms with E-state index in [4.69, 9.17) is 9.84 Å². The van der Waals surface area contributed by atoms with E-state index in [1.807, 2.05) is 26.0 Å². The van der Waals surface area contributed by atoms with Crippen LogP contribution >= 0.6 is 0 Å². The van der Waals surface area contributed by atoms with Crippen LogP contribution < -0.4 is 4.74 Å². The average molecular weight is 232 g/mol. The molecule has 0 spiro atoms. The molecular formula is C13H16N2O2. The molecule has 4 nitrogen and oxygen atoms in total. The standard InChI is InChI=1S/C7H9NO.C6H7NO/c1-6-3-4-7(9-2)5-8-6;1-5-2-3-6(8)4-7-5/h3-5H,1-2H3;2-4,8H,1H3. The SMILES string of the molecule is COc1ccc(C)nc1.Cc1ccc(O)cn1. The zero-order valence-corrected chi connectivity index (χ0v) is 10.2. The molecule has 0 aliphatic rings. The molecule has 0 fully saturated rings. The molecule has 4 heteroatoms. The third kappa shape index (κ3) is 4.97. The van der Waals surface area contributed by atoms with Crippen molar-refractivity contribution in [2.24, 2.45) is 0 Å². The van der Waals surface area contributed by atoms with Crippen molar-refractivity contribution in [1.29, 1.82) is 0 Å². The van der Waals surface area contributed by atoms with Crippen molar-refractivity contribution in [3.8, 4) is 11.5 Å². The van der Waals surface area contributed by atoms with Gasteiger partial charge in [-0.3, -0.25) is 9.97 Å². The minimum atomic E-state index is 0.218. The zero-order chi connectivity index (χ0) is 12.7. The lowest BCUT2D eigenvalue weighted by Gasteiger charge is -1.96. The Balaban J connectivity index is 0.000000171. The molecule has 2 aromatic heterocycles. The summed E-state index contributed by atoms with van der Waals surface area (Å²) in [6, 6.07) is 7.18. The van der Waals surface area contributed by atoms with E-state index >= 15 is 0 Å². The number of pyridine rings is 2. The fourth-order valence-electron chi connectivity index (χ4n) is 1.03. The number of aromatic nitrogens is 2. The second kappa shape index (κ2) is 6.48. The Hall–Kier alpha value is -2.10. The highest BCUT2D eigenvalue weighted by Gasteiger charge is 1.87. The van der Waals surface area contributed by atoms with E-state index in [9.17, 15) is 0 Å². The molecule has 0 aliphatic heterocycles. The first-order chi connectivity index (χ1) is 8.11. The number of rotatable bonds is 1. The summed E-state index contributed by atoms with van der Waals surface area (Å²) in [7, 11) is 1.63. The van der Waals surface area contributed by atoms with E-state index in [2.05, 4.69) is 9.97 Å². The second-order valence-electron chi connectivity index (χ2n) is 3.50. The third-order valence-electron chi connectivity index (χ3n) is 2.02. The molecule has 17 heavy (non-hydrogen) atoms. The highest BCUT2D eigenvalue weighted by molar-refractivity contribution is 5.18. The fraction of sp³-hybridized carbons (Fsp3) is 0.231. The number of methoxy groups -OCH3 is 1. The second-order valence-corrected chi connectivity index (χ2v) is 3.50. The highest BCUT2D eigenvalue weighted by Crippen LogP contribution is 2.06. The molecule has 2 heterocycles. The maximum atomic E-state index is 8.69. The van der Waals surface area contributed by atoms with Crippen molar-refractivity contribution in [2.45, 2.75) is 13.8 Å². The van der Waals surface area contributed by atoms with Gasteiger partial charge in [-0.2, -0.15) is 0 Å². The van der Waals surface area contributed by atoms with E-state index in [0.717, 1.165) is 17.1 Å². The molecule has 2 aromatic rings. The minimum Gasteiger partial charge on any atom is -0.506 e. The molecule has 0 saturated carbocycles. The van der Waals surface area contributed by atoms with Gasteiger partial charge in [0.25, 0.3) is 0 Å². The summed E-state index contributed by atoms with van der Waals surface area (Å²) in [6.45, 7) is 3.82. The predicted octanol–water partition coefficient (Wildman–Crippen LogP) is 2.49. The van der Waals surface area contributed by atoms with Crippen molar-refractivity contribution in [1.82, 2.24) is 9.97 Å². The lowest BCUT2D eigenvalue weighted by molar-refractivity contribution is 0.412. The largest absolute Gasteiger partial charge is 0.506 e. The van der Waals surface area contributed by atoms with Crippen LogP contribution in [0.25, 0.3) is 0 Å². The van der Waals surface area contributed by atoms with Gasteiger partial charge in [0, 0.05) is 11.4 Å². The average Bonchev–Trinajstić information content (AvgIpc) is 2.35. The number of aryl methyl sites for hydroxylation is 2. The molecule has 1 N–H and O–H groups in total. The van der Waals surface area contributed by atoms with Crippen molar-refractivity contribution in [3.63, 3.8) is 0 Å². The summed E-state index contributed by atoms with van der Waals surface area (Å²) >= 11 is 0. The number of hydrogen-bond donors (Lipinski definition) is 1. The monoisotopic (exact) mass is 232 g/mol. The van der Waals surface area contributed by atoms with E-state index < -0.39 is 0 Å². The van der Waals surface area contributed by atoms with E-state index in [-0.39, 0.29) is 5.75 Å². The van der Waals surface area contributed by atoms with Gasteiger partial charge >= 0.3 is 0 Å². The fourth-order valence-corrected chi connectivity index (χ4v) is 1.03. The first-order valence-corrected chi connectivity index (χ1v) is 5.20. The summed E-state index contributed by atoms with van der Waals surface area (Å²) in [5.41, 5.74) is 1.93. The van der Waals surface area contributed by atoms with Crippen LogP contribution in [-0.2, 0) is 0 Å². The first-order valence-electron chi connectivity index (χ1n) is 5.20. The molecule has 0 radical (unpaired) electrons. The van der Waals surface area contributed by atoms with Crippen molar-refractivity contribution < 1.29 is 9.84 Å². The highest BCUT2D eigenvalue weighted by atomic mass is 16.5. The Bertz CT molecular complexity index is 417. The number of hydrogen-bond acceptors (Lipinski definition) is 4. The topological polar surface area (TPSA) is 55.2 Å². The van der Waals surface area contributed by atoms with Crippen LogP contribution in [0, 0.1) is 13.8 Å². The molecule has 0 amide bonds. The lowest BCUT2D eigenvalue weighted by Crippen LogP contribution is -1.84. The Kier molecular flexibility index (Phi) is 4.94. The van der Waals surface area contributed by atoms with Crippen LogP contribution in [0.15, 0.2) is 36.7 Å². The van der Waals surface area contributed by atoms with Gasteiger partial charge in [-0.1, -0.05) is 0 Å². The van der Waals surface area contributed by atoms with Gasteiger partial charge < -0.3 is 9.84 Å². The molecule has 0 unspecified atom stereocenters. The van der Waals surface area contributed by atoms with Crippen LogP contribution in [-0.4, -0.2) is 22.2 Å². The molecule has 2 rings (SSSR count). The van der Waals surface area contributed by atoms with Gasteiger partial charge in [0.05, 0.1) is 19.5 Å². The molecule has 0 aliphatic carbocycles. The quantitative estimate of drug-likeness (QED) is 0.820. The minimum absolute atomic E-state index is 0.218. The molecule has 0 saturated heterocycles. The van der Waals surface area contributed by atoms with Crippen LogP contribution in [0.5, 0.6) is 11.5 Å². The summed E-state index contributed by atoms with van der Waals surface area (Å²) in [5, 5.41) is 8.69. The summed E-state index contributed by atoms with van der Waals surface area (Å²) in [6.07, 6.45) is 3.13. The molecule has 0 aromatic carbocycles. The van der Waals surface area contributed by atoms with Crippen LogP contribution in [0.1, 0.15) is 11.4 Å². The van der Waals surface area contributed by atoms with Gasteiger partial charge in [-0.25, -0.2) is 0 Å². The van der Waals surface area contributed by atoms with Crippen molar-refractivity contribution in [2.75, 3.05) is 7.11 Å². The van der Waals surface area contributed by atoms with Gasteiger partial charge in [-0.15, -0.1) is 0 Å². The van der Waals surface area contributed by atoms with Crippen LogP contribution in [0.3, 0.4) is 0 Å². The normalized spacial score (nSPS) is 9.12. The van der Waals surface area contributed by atoms with Gasteiger partial charge in [0.15, 0.2) is 0 Å². The summed E-state index contributed by atoms with van der Waals surface area (Å²) < 4.78 is 4.91. The maximum absolute atomic E-state index is 8.69. The van der Waals surface area contributed by atoms with Gasteiger partial charge in [0.1, 0.15) is 11.5 Å². The van der Waals surface area contributed by atoms with Crippen LogP contribution in [0.4, 0.5) is 0 Å². The zero-order valence-electron chi connectivity index (χ0n) is 10.2. The van der Waals surface area contributed by atoms with Crippen molar-refractivity contribution >= 4 is 0 Å². The molecule has 0 atom stereocenters. The maximum Gasteiger partial charge on any atom is 0.137 e. The van der Waals surface area contributed by atoms with Crippen LogP contribution in [0.2, 0.25) is 0 Å². The summed E-state index contributed by atoms with van der Waals surface area (Å²) in [4.78, 5) is 7.85. The van der Waals surface area contributed by atoms with Gasteiger partial charge in [0.2, 0.25) is 0 Å². The smallest absolute Gasteiger partial charge is 0.137 e. The number of aromatic hydroxyl groups is 1. The molecule has 0 bridgehead atoms. The third-order valence-corrected chi connectivity index (χ3v) is 2.02. The van der Waals surface area contributed by atoms with Crippen molar-refractivity contribution in [3.05, 3.63) is 48.0 Å². The van der Waals surface area contributed by atoms with E-state index in [1.165, 1.54) is 6.20 Å². The number of ether oxygens (including phenoxy) is 1. The lowest BCUT2D eigenvalue weighted by atomic mass is 10.4. The number of nitrogens with zero attached hydrogens (tertiary/aromatic N) is 2. The Morgan fingerprint density at radius 1 is 0.941 bits per heavy atom. The Morgan fingerprint density at radius 2 is 1.53 bits per heavy atom. The van der Waals surface area contributed by atoms with Gasteiger partial charge in [-0.05, 0) is 38.1 Å². The predicted molar refractivity (Wildman–Crippen MR) is 66.2 cm³/mol. The molecule has 90 valence electrons. The van der Waals surface area contributed by atoms with E-state index in [1.54, 1.807) is 25.4 Å². The molecular weight excluding hydrogens is 216 g/mol. The summed E-state index contributed by atoms with van der Waals surface area (Å²) in [5.74, 6) is 1.02. The Morgan fingerprint density at radius 3 is 1.88 bits per heavy atom. The first kappa shape index (κ1) is 13.0.